The summed E-state index contributed by atoms with van der Waals surface area (Å²) in [5, 5.41) is 12.1. The minimum Gasteiger partial charge on any atom is -0.284 e. The van der Waals surface area contributed by atoms with E-state index in [1.54, 1.807) is 16.7 Å². The van der Waals surface area contributed by atoms with Crippen molar-refractivity contribution in [1.82, 2.24) is 9.55 Å². The van der Waals surface area contributed by atoms with E-state index in [-0.39, 0.29) is 17.3 Å². The second-order valence-electron chi connectivity index (χ2n) is 6.03. The van der Waals surface area contributed by atoms with Crippen LogP contribution in [0, 0.1) is 10.1 Å². The zero-order valence-electron chi connectivity index (χ0n) is 13.3. The molecular formula is C18H15N3O3S. The van der Waals surface area contributed by atoms with E-state index < -0.39 is 4.92 Å². The van der Waals surface area contributed by atoms with E-state index in [2.05, 4.69) is 4.98 Å². The fraction of sp³-hybridized carbons (Fsp3) is 0.222. The Labute approximate surface area is 147 Å². The summed E-state index contributed by atoms with van der Waals surface area (Å²) >= 11 is 1.49. The number of hydrogen-bond donors (Lipinski definition) is 0. The zero-order valence-corrected chi connectivity index (χ0v) is 14.1. The predicted molar refractivity (Wildman–Crippen MR) is 96.9 cm³/mol. The van der Waals surface area contributed by atoms with Crippen molar-refractivity contribution in [3.8, 4) is 0 Å². The van der Waals surface area contributed by atoms with Crippen LogP contribution in [0.15, 0.2) is 58.5 Å². The third-order valence-electron chi connectivity index (χ3n) is 4.20. The highest BCUT2D eigenvalue weighted by atomic mass is 32.2. The number of nitrogens with zero attached hydrogens (tertiary/aromatic N) is 3. The Bertz CT molecular complexity index is 1010. The number of benzene rings is 2. The Balaban J connectivity index is 1.65. The van der Waals surface area contributed by atoms with Gasteiger partial charge in [-0.1, -0.05) is 36.0 Å². The minimum atomic E-state index is -0.410. The fourth-order valence-corrected chi connectivity index (χ4v) is 3.77. The van der Waals surface area contributed by atoms with Crippen molar-refractivity contribution in [3.63, 3.8) is 0 Å². The summed E-state index contributed by atoms with van der Waals surface area (Å²) < 4.78 is 1.80. The number of hydrogen-bond acceptors (Lipinski definition) is 5. The summed E-state index contributed by atoms with van der Waals surface area (Å²) in [6.07, 6.45) is 2.01. The third kappa shape index (κ3) is 3.15. The molecule has 0 amide bonds. The smallest absolute Gasteiger partial charge is 0.269 e. The lowest BCUT2D eigenvalue weighted by Crippen LogP contribution is -2.22. The topological polar surface area (TPSA) is 78.0 Å². The molecule has 1 aliphatic rings. The van der Waals surface area contributed by atoms with Crippen LogP contribution in [0.25, 0.3) is 10.9 Å². The number of nitro groups is 1. The number of rotatable bonds is 5. The highest BCUT2D eigenvalue weighted by Gasteiger charge is 2.28. The van der Waals surface area contributed by atoms with Crippen molar-refractivity contribution in [1.29, 1.82) is 0 Å². The van der Waals surface area contributed by atoms with Crippen LogP contribution in [0.1, 0.15) is 24.4 Å². The summed E-state index contributed by atoms with van der Waals surface area (Å²) in [5.74, 6) is 0.607. The molecule has 1 aromatic heterocycles. The van der Waals surface area contributed by atoms with Crippen LogP contribution in [-0.4, -0.2) is 14.5 Å². The predicted octanol–water partition coefficient (Wildman–Crippen LogP) is 3.93. The van der Waals surface area contributed by atoms with Crippen LogP contribution < -0.4 is 5.56 Å². The van der Waals surface area contributed by atoms with E-state index in [9.17, 15) is 14.9 Å². The average molecular weight is 353 g/mol. The summed E-state index contributed by atoms with van der Waals surface area (Å²) in [6, 6.07) is 14.1. The lowest BCUT2D eigenvalue weighted by molar-refractivity contribution is -0.384. The van der Waals surface area contributed by atoms with Gasteiger partial charge in [-0.25, -0.2) is 4.98 Å². The van der Waals surface area contributed by atoms with E-state index in [0.29, 0.717) is 21.8 Å². The van der Waals surface area contributed by atoms with Crippen molar-refractivity contribution in [2.45, 2.75) is 29.8 Å². The molecule has 0 atom stereocenters. The SMILES string of the molecule is O=c1c2ccccc2nc(SCc2ccc([N+](=O)[O-])cc2)n1C1CC1. The second-order valence-corrected chi connectivity index (χ2v) is 6.97. The van der Waals surface area contributed by atoms with E-state index in [1.807, 2.05) is 24.3 Å². The van der Waals surface area contributed by atoms with Gasteiger partial charge in [0.15, 0.2) is 5.16 Å². The van der Waals surface area contributed by atoms with Gasteiger partial charge in [0.05, 0.1) is 15.8 Å². The molecule has 126 valence electrons. The standard InChI is InChI=1S/C18H15N3O3S/c22-17-15-3-1-2-4-16(15)19-18(20(17)13-9-10-13)25-11-12-5-7-14(8-6-12)21(23)24/h1-8,13H,9-11H2. The van der Waals surface area contributed by atoms with Crippen LogP contribution in [-0.2, 0) is 5.75 Å². The van der Waals surface area contributed by atoms with Crippen molar-refractivity contribution in [2.75, 3.05) is 0 Å². The molecule has 25 heavy (non-hydrogen) atoms. The minimum absolute atomic E-state index is 0.0132. The highest BCUT2D eigenvalue weighted by molar-refractivity contribution is 7.98. The molecule has 3 aromatic rings. The maximum absolute atomic E-state index is 12.8. The Morgan fingerprint density at radius 1 is 1.16 bits per heavy atom. The van der Waals surface area contributed by atoms with Gasteiger partial charge in [-0.2, -0.15) is 0 Å². The number of thioether (sulfide) groups is 1. The van der Waals surface area contributed by atoms with Gasteiger partial charge in [0.2, 0.25) is 0 Å². The van der Waals surface area contributed by atoms with Crippen LogP contribution in [0.5, 0.6) is 0 Å². The largest absolute Gasteiger partial charge is 0.284 e. The van der Waals surface area contributed by atoms with E-state index in [4.69, 9.17) is 0 Å². The normalized spacial score (nSPS) is 13.9. The van der Waals surface area contributed by atoms with Gasteiger partial charge in [-0.3, -0.25) is 19.5 Å². The van der Waals surface area contributed by atoms with Crippen LogP contribution in [0.4, 0.5) is 5.69 Å². The van der Waals surface area contributed by atoms with E-state index >= 15 is 0 Å². The van der Waals surface area contributed by atoms with E-state index in [0.717, 1.165) is 18.4 Å². The Kier molecular flexibility index (Phi) is 4.01. The van der Waals surface area contributed by atoms with Crippen molar-refractivity contribution >= 4 is 28.4 Å². The van der Waals surface area contributed by atoms with Gasteiger partial charge in [0, 0.05) is 23.9 Å². The molecule has 0 saturated heterocycles. The molecule has 0 bridgehead atoms. The van der Waals surface area contributed by atoms with Gasteiger partial charge >= 0.3 is 0 Å². The first-order valence-electron chi connectivity index (χ1n) is 8.01. The first kappa shape index (κ1) is 15.8. The van der Waals surface area contributed by atoms with Crippen LogP contribution >= 0.6 is 11.8 Å². The monoisotopic (exact) mass is 353 g/mol. The van der Waals surface area contributed by atoms with Crippen LogP contribution in [0.3, 0.4) is 0 Å². The molecule has 0 spiro atoms. The van der Waals surface area contributed by atoms with Crippen molar-refractivity contribution < 1.29 is 4.92 Å². The number of aromatic nitrogens is 2. The summed E-state index contributed by atoms with van der Waals surface area (Å²) in [4.78, 5) is 27.8. The quantitative estimate of drug-likeness (QED) is 0.300. The molecule has 6 nitrogen and oxygen atoms in total. The number of nitro benzene ring substituents is 1. The van der Waals surface area contributed by atoms with Gasteiger partial charge < -0.3 is 0 Å². The van der Waals surface area contributed by atoms with Crippen LogP contribution in [0.2, 0.25) is 0 Å². The third-order valence-corrected chi connectivity index (χ3v) is 5.23. The van der Waals surface area contributed by atoms with Gasteiger partial charge in [-0.15, -0.1) is 0 Å². The van der Waals surface area contributed by atoms with E-state index in [1.165, 1.54) is 23.9 Å². The van der Waals surface area contributed by atoms with Gasteiger partial charge in [0.25, 0.3) is 11.2 Å². The highest BCUT2D eigenvalue weighted by Crippen LogP contribution is 2.37. The fourth-order valence-electron chi connectivity index (χ4n) is 2.74. The zero-order chi connectivity index (χ0) is 17.4. The average Bonchev–Trinajstić information content (AvgIpc) is 3.45. The maximum Gasteiger partial charge on any atom is 0.269 e. The molecule has 0 N–H and O–H groups in total. The molecule has 1 aliphatic carbocycles. The first-order valence-corrected chi connectivity index (χ1v) is 8.99. The molecular weight excluding hydrogens is 338 g/mol. The molecule has 0 aliphatic heterocycles. The first-order chi connectivity index (χ1) is 12.1. The molecule has 1 fully saturated rings. The molecule has 1 saturated carbocycles. The second kappa shape index (κ2) is 6.33. The molecule has 0 unspecified atom stereocenters. The number of fused-ring (bicyclic) bond motifs is 1. The molecule has 0 radical (unpaired) electrons. The maximum atomic E-state index is 12.8. The summed E-state index contributed by atoms with van der Waals surface area (Å²) in [6.45, 7) is 0. The Hall–Kier alpha value is -2.67. The molecule has 1 heterocycles. The molecule has 2 aromatic carbocycles. The number of para-hydroxylation sites is 1. The van der Waals surface area contributed by atoms with Gasteiger partial charge in [0.1, 0.15) is 0 Å². The molecule has 7 heteroatoms. The lowest BCUT2D eigenvalue weighted by Gasteiger charge is -2.12. The summed E-state index contributed by atoms with van der Waals surface area (Å²) in [5.41, 5.74) is 1.75. The summed E-state index contributed by atoms with van der Waals surface area (Å²) in [7, 11) is 0. The van der Waals surface area contributed by atoms with Gasteiger partial charge in [-0.05, 0) is 30.5 Å². The molecule has 4 rings (SSSR count). The number of non-ortho nitro benzene ring substituents is 1. The van der Waals surface area contributed by atoms with Crippen molar-refractivity contribution in [2.24, 2.45) is 0 Å². The Morgan fingerprint density at radius 2 is 1.88 bits per heavy atom. The lowest BCUT2D eigenvalue weighted by atomic mass is 10.2. The van der Waals surface area contributed by atoms with Crippen molar-refractivity contribution in [3.05, 3.63) is 74.6 Å². The Morgan fingerprint density at radius 3 is 2.56 bits per heavy atom.